The number of anilines is 1. The third-order valence-electron chi connectivity index (χ3n) is 1.72. The number of nitrogens with one attached hydrogen (secondary N) is 2. The number of guanidine groups is 1. The Hall–Kier alpha value is -2.37. The molecule has 0 fully saturated rings. The Kier molecular flexibility index (Phi) is 4.02. The molecule has 1 aromatic rings. The topological polar surface area (TPSA) is 95.1 Å². The van der Waals surface area contributed by atoms with E-state index in [-0.39, 0.29) is 5.96 Å². The molecule has 84 valence electrons. The average Bonchev–Trinajstić information content (AvgIpc) is 2.27. The highest BCUT2D eigenvalue weighted by molar-refractivity contribution is 6.13. The zero-order chi connectivity index (χ0) is 12.0. The molecule has 2 amide bonds. The van der Waals surface area contributed by atoms with Crippen molar-refractivity contribution >= 4 is 17.8 Å². The van der Waals surface area contributed by atoms with Crippen LogP contribution >= 0.6 is 0 Å². The maximum atomic E-state index is 11.7. The van der Waals surface area contributed by atoms with Crippen LogP contribution in [0.3, 0.4) is 0 Å². The fourth-order valence-electron chi connectivity index (χ4n) is 1.06. The van der Waals surface area contributed by atoms with Gasteiger partial charge in [0.1, 0.15) is 5.82 Å². The Balaban J connectivity index is 2.88. The van der Waals surface area contributed by atoms with E-state index in [1.165, 1.54) is 12.3 Å². The van der Waals surface area contributed by atoms with Crippen LogP contribution in [0, 0.1) is 5.41 Å². The SMILES string of the molecule is C=CCNC(=O)N(C(=N)N)c1ccccn1. The summed E-state index contributed by atoms with van der Waals surface area (Å²) in [5.41, 5.74) is 5.32. The molecule has 0 saturated heterocycles. The van der Waals surface area contributed by atoms with Crippen LogP contribution in [0.2, 0.25) is 0 Å². The van der Waals surface area contributed by atoms with E-state index in [2.05, 4.69) is 16.9 Å². The summed E-state index contributed by atoms with van der Waals surface area (Å²) in [5.74, 6) is -0.0863. The lowest BCUT2D eigenvalue weighted by molar-refractivity contribution is 0.250. The number of rotatable bonds is 3. The fourth-order valence-corrected chi connectivity index (χ4v) is 1.06. The molecule has 0 aliphatic rings. The van der Waals surface area contributed by atoms with Gasteiger partial charge in [-0.05, 0) is 12.1 Å². The molecular formula is C10H13N5O. The minimum Gasteiger partial charge on any atom is -0.369 e. The maximum absolute atomic E-state index is 11.7. The molecule has 1 rings (SSSR count). The molecule has 0 spiro atoms. The highest BCUT2D eigenvalue weighted by Gasteiger charge is 2.18. The van der Waals surface area contributed by atoms with E-state index in [0.717, 1.165) is 4.90 Å². The standard InChI is InChI=1S/C10H13N5O/c1-2-6-14-10(16)15(9(11)12)8-5-3-4-7-13-8/h2-5,7H,1,6H2,(H3,11,12)(H,14,16). The van der Waals surface area contributed by atoms with Crippen molar-refractivity contribution in [2.75, 3.05) is 11.4 Å². The highest BCUT2D eigenvalue weighted by atomic mass is 16.2. The number of amides is 2. The number of carbonyl (C=O) groups is 1. The van der Waals surface area contributed by atoms with Gasteiger partial charge >= 0.3 is 6.03 Å². The van der Waals surface area contributed by atoms with E-state index in [0.29, 0.717) is 12.4 Å². The number of nitrogens with two attached hydrogens (primary N) is 1. The van der Waals surface area contributed by atoms with Gasteiger partial charge < -0.3 is 11.1 Å². The van der Waals surface area contributed by atoms with Crippen LogP contribution < -0.4 is 16.0 Å². The molecule has 1 aromatic heterocycles. The minimum atomic E-state index is -0.508. The van der Waals surface area contributed by atoms with Gasteiger partial charge in [-0.25, -0.2) is 14.7 Å². The van der Waals surface area contributed by atoms with Crippen LogP contribution in [-0.2, 0) is 0 Å². The van der Waals surface area contributed by atoms with Crippen molar-refractivity contribution in [3.8, 4) is 0 Å². The Bertz CT molecular complexity index is 389. The predicted octanol–water partition coefficient (Wildman–Crippen LogP) is 0.677. The summed E-state index contributed by atoms with van der Waals surface area (Å²) < 4.78 is 0. The van der Waals surface area contributed by atoms with Crippen LogP contribution in [0.4, 0.5) is 10.6 Å². The first-order chi connectivity index (χ1) is 7.66. The quantitative estimate of drug-likeness (QED) is 0.396. The predicted molar refractivity (Wildman–Crippen MR) is 62.2 cm³/mol. The minimum absolute atomic E-state index is 0.301. The molecule has 4 N–H and O–H groups in total. The van der Waals surface area contributed by atoms with Crippen LogP contribution in [-0.4, -0.2) is 23.5 Å². The van der Waals surface area contributed by atoms with Crippen LogP contribution in [0.5, 0.6) is 0 Å². The first-order valence-corrected chi connectivity index (χ1v) is 4.60. The molecule has 6 nitrogen and oxygen atoms in total. The Morgan fingerprint density at radius 2 is 2.44 bits per heavy atom. The van der Waals surface area contributed by atoms with E-state index in [1.807, 2.05) is 0 Å². The second kappa shape index (κ2) is 5.50. The molecule has 0 unspecified atom stereocenters. The van der Waals surface area contributed by atoms with Crippen molar-refractivity contribution in [1.29, 1.82) is 5.41 Å². The lowest BCUT2D eigenvalue weighted by atomic mass is 10.4. The number of nitrogens with zero attached hydrogens (tertiary/aromatic N) is 2. The zero-order valence-corrected chi connectivity index (χ0v) is 8.68. The normalized spacial score (nSPS) is 9.25. The third-order valence-corrected chi connectivity index (χ3v) is 1.72. The fraction of sp³-hybridized carbons (Fsp3) is 0.100. The number of pyridine rings is 1. The van der Waals surface area contributed by atoms with Crippen molar-refractivity contribution in [2.45, 2.75) is 0 Å². The maximum Gasteiger partial charge on any atom is 0.330 e. The monoisotopic (exact) mass is 219 g/mol. The summed E-state index contributed by atoms with van der Waals surface area (Å²) in [6.07, 6.45) is 3.06. The first kappa shape index (κ1) is 11.7. The molecule has 0 radical (unpaired) electrons. The second-order valence-corrected chi connectivity index (χ2v) is 2.88. The molecule has 0 aliphatic heterocycles. The van der Waals surface area contributed by atoms with Crippen LogP contribution in [0.25, 0.3) is 0 Å². The Labute approximate surface area is 93.3 Å². The number of hydrogen-bond donors (Lipinski definition) is 3. The molecule has 16 heavy (non-hydrogen) atoms. The van der Waals surface area contributed by atoms with Crippen LogP contribution in [0.1, 0.15) is 0 Å². The molecule has 0 bridgehead atoms. The number of hydrogen-bond acceptors (Lipinski definition) is 3. The number of carbonyl (C=O) groups excluding carboxylic acids is 1. The van der Waals surface area contributed by atoms with E-state index in [9.17, 15) is 4.79 Å². The summed E-state index contributed by atoms with van der Waals surface area (Å²) in [6.45, 7) is 3.78. The lowest BCUT2D eigenvalue weighted by Gasteiger charge is -2.19. The van der Waals surface area contributed by atoms with E-state index in [1.54, 1.807) is 18.2 Å². The van der Waals surface area contributed by atoms with Gasteiger partial charge in [-0.15, -0.1) is 6.58 Å². The zero-order valence-electron chi connectivity index (χ0n) is 8.68. The van der Waals surface area contributed by atoms with Gasteiger partial charge in [-0.1, -0.05) is 12.1 Å². The van der Waals surface area contributed by atoms with Gasteiger partial charge in [0.05, 0.1) is 0 Å². The lowest BCUT2D eigenvalue weighted by Crippen LogP contribution is -2.47. The molecule has 0 aliphatic carbocycles. The number of urea groups is 1. The summed E-state index contributed by atoms with van der Waals surface area (Å²) in [4.78, 5) is 16.6. The summed E-state index contributed by atoms with van der Waals surface area (Å²) in [7, 11) is 0. The number of aromatic nitrogens is 1. The molecule has 0 atom stereocenters. The summed E-state index contributed by atoms with van der Waals surface area (Å²) >= 11 is 0. The average molecular weight is 219 g/mol. The van der Waals surface area contributed by atoms with Gasteiger partial charge in [-0.3, -0.25) is 5.41 Å². The van der Waals surface area contributed by atoms with E-state index < -0.39 is 6.03 Å². The van der Waals surface area contributed by atoms with Gasteiger partial charge in [-0.2, -0.15) is 0 Å². The van der Waals surface area contributed by atoms with Crippen molar-refractivity contribution in [1.82, 2.24) is 10.3 Å². The van der Waals surface area contributed by atoms with Gasteiger partial charge in [0.15, 0.2) is 0 Å². The second-order valence-electron chi connectivity index (χ2n) is 2.88. The van der Waals surface area contributed by atoms with Crippen molar-refractivity contribution in [2.24, 2.45) is 5.73 Å². The molecule has 0 saturated carbocycles. The van der Waals surface area contributed by atoms with Crippen molar-refractivity contribution in [3.05, 3.63) is 37.1 Å². The summed E-state index contributed by atoms with van der Waals surface area (Å²) in [6, 6.07) is 4.50. The smallest absolute Gasteiger partial charge is 0.330 e. The summed E-state index contributed by atoms with van der Waals surface area (Å²) in [5, 5.41) is 9.85. The molecular weight excluding hydrogens is 206 g/mol. The Morgan fingerprint density at radius 3 is 2.94 bits per heavy atom. The van der Waals surface area contributed by atoms with Crippen molar-refractivity contribution < 1.29 is 4.79 Å². The third kappa shape index (κ3) is 2.81. The van der Waals surface area contributed by atoms with Crippen LogP contribution in [0.15, 0.2) is 37.1 Å². The highest BCUT2D eigenvalue weighted by Crippen LogP contribution is 2.08. The van der Waals surface area contributed by atoms with E-state index in [4.69, 9.17) is 11.1 Å². The first-order valence-electron chi connectivity index (χ1n) is 4.60. The van der Waals surface area contributed by atoms with Gasteiger partial charge in [0.2, 0.25) is 5.96 Å². The Morgan fingerprint density at radius 1 is 1.69 bits per heavy atom. The molecule has 6 heteroatoms. The van der Waals surface area contributed by atoms with E-state index >= 15 is 0 Å². The largest absolute Gasteiger partial charge is 0.369 e. The van der Waals surface area contributed by atoms with Gasteiger partial charge in [0.25, 0.3) is 0 Å². The molecule has 0 aromatic carbocycles. The van der Waals surface area contributed by atoms with Crippen molar-refractivity contribution in [3.63, 3.8) is 0 Å². The van der Waals surface area contributed by atoms with Gasteiger partial charge in [0, 0.05) is 12.7 Å². The molecule has 1 heterocycles.